The van der Waals surface area contributed by atoms with Crippen LogP contribution in [0.3, 0.4) is 0 Å². The lowest BCUT2D eigenvalue weighted by Crippen LogP contribution is -1.96. The molecule has 1 saturated carbocycles. The Hall–Kier alpha value is -1.01. The van der Waals surface area contributed by atoms with E-state index in [4.69, 9.17) is 0 Å². The first-order chi connectivity index (χ1) is 7.81. The molecule has 0 aromatic carbocycles. The lowest BCUT2D eigenvalue weighted by atomic mass is 10.5. The molecular formula is C10H12N4S2. The molecule has 0 amide bonds. The minimum Gasteiger partial charge on any atom is -0.355 e. The Kier molecular flexibility index (Phi) is 2.61. The minimum absolute atomic E-state index is 0.693. The summed E-state index contributed by atoms with van der Waals surface area (Å²) in [5, 5.41) is 14.8. The van der Waals surface area contributed by atoms with Gasteiger partial charge in [0.15, 0.2) is 0 Å². The average Bonchev–Trinajstić information content (AvgIpc) is 2.87. The maximum absolute atomic E-state index is 4.22. The molecule has 2 aromatic heterocycles. The van der Waals surface area contributed by atoms with Gasteiger partial charge in [-0.1, -0.05) is 11.3 Å². The van der Waals surface area contributed by atoms with Crippen LogP contribution in [0.5, 0.6) is 0 Å². The molecule has 0 spiro atoms. The highest BCUT2D eigenvalue weighted by atomic mass is 32.1. The van der Waals surface area contributed by atoms with Crippen LogP contribution >= 0.6 is 22.7 Å². The van der Waals surface area contributed by atoms with E-state index in [1.165, 1.54) is 22.7 Å². The quantitative estimate of drug-likeness (QED) is 0.909. The van der Waals surface area contributed by atoms with Crippen molar-refractivity contribution in [2.45, 2.75) is 32.2 Å². The summed E-state index contributed by atoms with van der Waals surface area (Å²) in [7, 11) is 0. The largest absolute Gasteiger partial charge is 0.355 e. The number of aromatic nitrogens is 3. The maximum Gasteiger partial charge on any atom is 0.205 e. The van der Waals surface area contributed by atoms with E-state index in [1.54, 1.807) is 22.7 Å². The summed E-state index contributed by atoms with van der Waals surface area (Å²) in [5.41, 5.74) is 0. The molecule has 0 unspecified atom stereocenters. The zero-order valence-corrected chi connectivity index (χ0v) is 10.6. The molecular weight excluding hydrogens is 240 g/mol. The Balaban J connectivity index is 1.61. The van der Waals surface area contributed by atoms with Crippen molar-refractivity contribution in [1.29, 1.82) is 0 Å². The van der Waals surface area contributed by atoms with Crippen molar-refractivity contribution in [2.75, 3.05) is 5.32 Å². The van der Waals surface area contributed by atoms with E-state index in [-0.39, 0.29) is 0 Å². The molecule has 0 aliphatic heterocycles. The summed E-state index contributed by atoms with van der Waals surface area (Å²) in [6.45, 7) is 2.81. The Morgan fingerprint density at radius 1 is 1.38 bits per heavy atom. The molecule has 0 atom stereocenters. The Labute approximate surface area is 102 Å². The molecule has 84 valence electrons. The second-order valence-electron chi connectivity index (χ2n) is 3.92. The highest BCUT2D eigenvalue weighted by Gasteiger charge is 2.27. The first-order valence-corrected chi connectivity index (χ1v) is 6.93. The number of rotatable bonds is 4. The zero-order valence-electron chi connectivity index (χ0n) is 8.93. The number of nitrogens with one attached hydrogen (secondary N) is 1. The number of thiazole rings is 1. The van der Waals surface area contributed by atoms with Gasteiger partial charge in [-0.3, -0.25) is 0 Å². The SMILES string of the molecule is Cc1ncc(CNc2nnc(C3CC3)s2)s1. The third-order valence-electron chi connectivity index (χ3n) is 2.45. The van der Waals surface area contributed by atoms with Gasteiger partial charge in [-0.15, -0.1) is 21.5 Å². The lowest BCUT2D eigenvalue weighted by molar-refractivity contribution is 0.969. The third-order valence-corrected chi connectivity index (χ3v) is 4.41. The molecule has 6 heteroatoms. The summed E-state index contributed by atoms with van der Waals surface area (Å²) in [6.07, 6.45) is 4.47. The van der Waals surface area contributed by atoms with Gasteiger partial charge in [0, 0.05) is 17.0 Å². The third kappa shape index (κ3) is 2.22. The molecule has 2 aromatic rings. The van der Waals surface area contributed by atoms with E-state index in [0.29, 0.717) is 5.92 Å². The number of hydrogen-bond donors (Lipinski definition) is 1. The van der Waals surface area contributed by atoms with Crippen LogP contribution in [0.2, 0.25) is 0 Å². The van der Waals surface area contributed by atoms with Gasteiger partial charge in [0.2, 0.25) is 5.13 Å². The Morgan fingerprint density at radius 2 is 2.25 bits per heavy atom. The van der Waals surface area contributed by atoms with Crippen LogP contribution in [0.4, 0.5) is 5.13 Å². The fourth-order valence-corrected chi connectivity index (χ4v) is 3.09. The molecule has 1 aliphatic carbocycles. The van der Waals surface area contributed by atoms with Crippen molar-refractivity contribution in [3.05, 3.63) is 21.1 Å². The molecule has 3 rings (SSSR count). The van der Waals surface area contributed by atoms with E-state index in [0.717, 1.165) is 16.7 Å². The first-order valence-electron chi connectivity index (χ1n) is 5.30. The highest BCUT2D eigenvalue weighted by Crippen LogP contribution is 2.42. The molecule has 1 fully saturated rings. The molecule has 2 heterocycles. The standard InChI is InChI=1S/C10H12N4S2/c1-6-11-4-8(15-6)5-12-10-14-13-9(16-10)7-2-3-7/h4,7H,2-3,5H2,1H3,(H,12,14). The second-order valence-corrected chi connectivity index (χ2v) is 6.25. The van der Waals surface area contributed by atoms with Gasteiger partial charge in [0.05, 0.1) is 11.6 Å². The van der Waals surface area contributed by atoms with Crippen molar-refractivity contribution in [3.63, 3.8) is 0 Å². The van der Waals surface area contributed by atoms with Crippen LogP contribution < -0.4 is 5.32 Å². The van der Waals surface area contributed by atoms with Gasteiger partial charge < -0.3 is 5.32 Å². The average molecular weight is 252 g/mol. The molecule has 4 nitrogen and oxygen atoms in total. The van der Waals surface area contributed by atoms with E-state index in [9.17, 15) is 0 Å². The lowest BCUT2D eigenvalue weighted by Gasteiger charge is -1.96. The number of nitrogens with zero attached hydrogens (tertiary/aromatic N) is 3. The smallest absolute Gasteiger partial charge is 0.205 e. The van der Waals surface area contributed by atoms with Crippen LogP contribution in [-0.4, -0.2) is 15.2 Å². The van der Waals surface area contributed by atoms with Gasteiger partial charge in [-0.2, -0.15) is 0 Å². The summed E-state index contributed by atoms with van der Waals surface area (Å²) in [5.74, 6) is 0.693. The van der Waals surface area contributed by atoms with Gasteiger partial charge in [-0.05, 0) is 19.8 Å². The predicted molar refractivity (Wildman–Crippen MR) is 66.1 cm³/mol. The van der Waals surface area contributed by atoms with Gasteiger partial charge in [0.1, 0.15) is 5.01 Å². The molecule has 0 saturated heterocycles. The fraction of sp³-hybridized carbons (Fsp3) is 0.500. The van der Waals surface area contributed by atoms with Crippen LogP contribution in [0.25, 0.3) is 0 Å². The zero-order chi connectivity index (χ0) is 11.0. The predicted octanol–water partition coefficient (Wildman–Crippen LogP) is 2.79. The van der Waals surface area contributed by atoms with Crippen molar-refractivity contribution in [1.82, 2.24) is 15.2 Å². The monoisotopic (exact) mass is 252 g/mol. The van der Waals surface area contributed by atoms with Gasteiger partial charge >= 0.3 is 0 Å². The molecule has 0 bridgehead atoms. The summed E-state index contributed by atoms with van der Waals surface area (Å²) in [4.78, 5) is 5.45. The van der Waals surface area contributed by atoms with E-state index in [2.05, 4.69) is 20.5 Å². The van der Waals surface area contributed by atoms with Crippen LogP contribution in [-0.2, 0) is 6.54 Å². The van der Waals surface area contributed by atoms with Crippen molar-refractivity contribution < 1.29 is 0 Å². The van der Waals surface area contributed by atoms with Crippen molar-refractivity contribution >= 4 is 27.8 Å². The molecule has 16 heavy (non-hydrogen) atoms. The topological polar surface area (TPSA) is 50.7 Å². The number of hydrogen-bond acceptors (Lipinski definition) is 6. The Bertz CT molecular complexity index is 486. The maximum atomic E-state index is 4.22. The van der Waals surface area contributed by atoms with Gasteiger partial charge in [-0.25, -0.2) is 4.98 Å². The molecule has 1 N–H and O–H groups in total. The van der Waals surface area contributed by atoms with Crippen molar-refractivity contribution in [2.24, 2.45) is 0 Å². The summed E-state index contributed by atoms with van der Waals surface area (Å²) < 4.78 is 0. The summed E-state index contributed by atoms with van der Waals surface area (Å²) in [6, 6.07) is 0. The minimum atomic E-state index is 0.693. The molecule has 0 radical (unpaired) electrons. The number of anilines is 1. The van der Waals surface area contributed by atoms with Crippen molar-refractivity contribution in [3.8, 4) is 0 Å². The van der Waals surface area contributed by atoms with Crippen LogP contribution in [0.15, 0.2) is 6.20 Å². The molecule has 1 aliphatic rings. The Morgan fingerprint density at radius 3 is 2.94 bits per heavy atom. The van der Waals surface area contributed by atoms with E-state index < -0.39 is 0 Å². The van der Waals surface area contributed by atoms with E-state index >= 15 is 0 Å². The highest BCUT2D eigenvalue weighted by molar-refractivity contribution is 7.15. The van der Waals surface area contributed by atoms with E-state index in [1.807, 2.05) is 13.1 Å². The second kappa shape index (κ2) is 4.10. The first kappa shape index (κ1) is 10.2. The van der Waals surface area contributed by atoms with Crippen LogP contribution in [0, 0.1) is 6.92 Å². The number of aryl methyl sites for hydroxylation is 1. The van der Waals surface area contributed by atoms with Crippen LogP contribution in [0.1, 0.15) is 33.7 Å². The summed E-state index contributed by atoms with van der Waals surface area (Å²) >= 11 is 3.40. The fourth-order valence-electron chi connectivity index (χ4n) is 1.45. The normalized spacial score (nSPS) is 15.3. The van der Waals surface area contributed by atoms with Gasteiger partial charge in [0.25, 0.3) is 0 Å².